The third-order valence-electron chi connectivity index (χ3n) is 3.11. The van der Waals surface area contributed by atoms with Gasteiger partial charge in [-0.3, -0.25) is 0 Å². The van der Waals surface area contributed by atoms with Gasteiger partial charge in [0.2, 0.25) is 0 Å². The van der Waals surface area contributed by atoms with Crippen molar-refractivity contribution < 1.29 is 5.11 Å². The van der Waals surface area contributed by atoms with Crippen LogP contribution in [0.15, 0.2) is 42.5 Å². The zero-order valence-corrected chi connectivity index (χ0v) is 10.1. The molecule has 0 saturated heterocycles. The molecule has 2 nitrogen and oxygen atoms in total. The number of hydrogen-bond acceptors (Lipinski definition) is 2. The van der Waals surface area contributed by atoms with Crippen LogP contribution in [0, 0.1) is 13.8 Å². The van der Waals surface area contributed by atoms with Crippen molar-refractivity contribution in [1.82, 2.24) is 0 Å². The minimum atomic E-state index is -0.612. The highest BCUT2D eigenvalue weighted by Crippen LogP contribution is 2.27. The Labute approximate surface area is 102 Å². The molecule has 0 amide bonds. The summed E-state index contributed by atoms with van der Waals surface area (Å²) in [6.45, 7) is 3.96. The van der Waals surface area contributed by atoms with Crippen LogP contribution in [0.3, 0.4) is 0 Å². The highest BCUT2D eigenvalue weighted by atomic mass is 16.3. The lowest BCUT2D eigenvalue weighted by atomic mass is 9.96. The van der Waals surface area contributed by atoms with Gasteiger partial charge in [0, 0.05) is 5.69 Å². The quantitative estimate of drug-likeness (QED) is 0.775. The number of aryl methyl sites for hydroxylation is 1. The number of benzene rings is 2. The predicted molar refractivity (Wildman–Crippen MR) is 70.8 cm³/mol. The molecule has 1 atom stereocenters. The summed E-state index contributed by atoms with van der Waals surface area (Å²) in [5.41, 5.74) is 10.5. The lowest BCUT2D eigenvalue weighted by Crippen LogP contribution is -2.04. The average molecular weight is 227 g/mol. The van der Waals surface area contributed by atoms with E-state index >= 15 is 0 Å². The molecule has 0 bridgehead atoms. The molecular formula is C15H17NO. The Bertz CT molecular complexity index is 517. The number of hydrogen-bond donors (Lipinski definition) is 2. The van der Waals surface area contributed by atoms with Gasteiger partial charge in [-0.1, -0.05) is 42.0 Å². The Morgan fingerprint density at radius 2 is 1.65 bits per heavy atom. The molecule has 2 rings (SSSR count). The lowest BCUT2D eigenvalue weighted by molar-refractivity contribution is 0.219. The van der Waals surface area contributed by atoms with Crippen LogP contribution >= 0.6 is 0 Å². The van der Waals surface area contributed by atoms with E-state index < -0.39 is 6.10 Å². The van der Waals surface area contributed by atoms with Crippen molar-refractivity contribution in [3.63, 3.8) is 0 Å². The van der Waals surface area contributed by atoms with Crippen molar-refractivity contribution in [3.05, 3.63) is 64.7 Å². The maximum Gasteiger partial charge on any atom is 0.104 e. The fourth-order valence-electron chi connectivity index (χ4n) is 1.90. The molecule has 0 spiro atoms. The number of anilines is 1. The van der Waals surface area contributed by atoms with Crippen LogP contribution in [0.2, 0.25) is 0 Å². The standard InChI is InChI=1S/C15H17NO/c1-10-6-8-12(9-7-10)15(17)13-4-3-5-14(16)11(13)2/h3-9,15,17H,16H2,1-2H3/t15-/m1/s1. The molecule has 88 valence electrons. The normalized spacial score (nSPS) is 12.4. The van der Waals surface area contributed by atoms with Crippen LogP contribution in [-0.2, 0) is 0 Å². The maximum absolute atomic E-state index is 10.3. The number of aliphatic hydroxyl groups is 1. The molecule has 2 aromatic rings. The van der Waals surface area contributed by atoms with Gasteiger partial charge in [-0.2, -0.15) is 0 Å². The van der Waals surface area contributed by atoms with E-state index in [1.165, 1.54) is 5.56 Å². The van der Waals surface area contributed by atoms with Gasteiger partial charge in [0.1, 0.15) is 6.10 Å². The van der Waals surface area contributed by atoms with Crippen LogP contribution in [-0.4, -0.2) is 5.11 Å². The highest BCUT2D eigenvalue weighted by molar-refractivity contribution is 5.52. The van der Waals surface area contributed by atoms with Gasteiger partial charge in [-0.05, 0) is 36.6 Å². The first-order valence-corrected chi connectivity index (χ1v) is 5.69. The Morgan fingerprint density at radius 3 is 2.29 bits per heavy atom. The average Bonchev–Trinajstić information content (AvgIpc) is 2.33. The first-order chi connectivity index (χ1) is 8.09. The van der Waals surface area contributed by atoms with Gasteiger partial charge in [-0.15, -0.1) is 0 Å². The SMILES string of the molecule is Cc1ccc([C@@H](O)c2cccc(N)c2C)cc1. The van der Waals surface area contributed by atoms with E-state index in [1.54, 1.807) is 0 Å². The second-order valence-corrected chi connectivity index (χ2v) is 4.37. The molecule has 0 aliphatic carbocycles. The zero-order chi connectivity index (χ0) is 12.4. The smallest absolute Gasteiger partial charge is 0.104 e. The van der Waals surface area contributed by atoms with Gasteiger partial charge in [0.25, 0.3) is 0 Å². The van der Waals surface area contributed by atoms with Crippen LogP contribution in [0.4, 0.5) is 5.69 Å². The Hall–Kier alpha value is -1.80. The van der Waals surface area contributed by atoms with Crippen LogP contribution < -0.4 is 5.73 Å². The topological polar surface area (TPSA) is 46.2 Å². The summed E-state index contributed by atoms with van der Waals surface area (Å²) < 4.78 is 0. The second-order valence-electron chi connectivity index (χ2n) is 4.37. The van der Waals surface area contributed by atoms with E-state index in [4.69, 9.17) is 5.73 Å². The summed E-state index contributed by atoms with van der Waals surface area (Å²) in [5, 5.41) is 10.3. The van der Waals surface area contributed by atoms with E-state index in [0.29, 0.717) is 5.69 Å². The highest BCUT2D eigenvalue weighted by Gasteiger charge is 2.13. The number of rotatable bonds is 2. The van der Waals surface area contributed by atoms with E-state index in [9.17, 15) is 5.11 Å². The monoisotopic (exact) mass is 227 g/mol. The van der Waals surface area contributed by atoms with Crippen LogP contribution in [0.25, 0.3) is 0 Å². The van der Waals surface area contributed by atoms with Crippen molar-refractivity contribution >= 4 is 5.69 Å². The van der Waals surface area contributed by atoms with Crippen molar-refractivity contribution in [3.8, 4) is 0 Å². The summed E-state index contributed by atoms with van der Waals surface area (Å²) in [7, 11) is 0. The molecule has 0 heterocycles. The Kier molecular flexibility index (Phi) is 3.16. The molecule has 0 aromatic heterocycles. The molecular weight excluding hydrogens is 210 g/mol. The van der Waals surface area contributed by atoms with E-state index in [-0.39, 0.29) is 0 Å². The van der Waals surface area contributed by atoms with Crippen molar-refractivity contribution in [2.75, 3.05) is 5.73 Å². The van der Waals surface area contributed by atoms with Crippen LogP contribution in [0.5, 0.6) is 0 Å². The molecule has 2 aromatic carbocycles. The third kappa shape index (κ3) is 2.32. The molecule has 2 heteroatoms. The number of aliphatic hydroxyl groups excluding tert-OH is 1. The summed E-state index contributed by atoms with van der Waals surface area (Å²) >= 11 is 0. The predicted octanol–water partition coefficient (Wildman–Crippen LogP) is 2.97. The molecule has 0 fully saturated rings. The second kappa shape index (κ2) is 4.60. The molecule has 0 unspecified atom stereocenters. The summed E-state index contributed by atoms with van der Waals surface area (Å²) in [5.74, 6) is 0. The van der Waals surface area contributed by atoms with Gasteiger partial charge >= 0.3 is 0 Å². The molecule has 0 aliphatic rings. The molecule has 3 N–H and O–H groups in total. The first kappa shape index (κ1) is 11.7. The largest absolute Gasteiger partial charge is 0.399 e. The van der Waals surface area contributed by atoms with E-state index in [2.05, 4.69) is 0 Å². The summed E-state index contributed by atoms with van der Waals surface area (Å²) in [6, 6.07) is 13.5. The van der Waals surface area contributed by atoms with Gasteiger partial charge in [-0.25, -0.2) is 0 Å². The van der Waals surface area contributed by atoms with E-state index in [0.717, 1.165) is 16.7 Å². The van der Waals surface area contributed by atoms with Crippen LogP contribution in [0.1, 0.15) is 28.4 Å². The fourth-order valence-corrected chi connectivity index (χ4v) is 1.90. The third-order valence-corrected chi connectivity index (χ3v) is 3.11. The van der Waals surface area contributed by atoms with E-state index in [1.807, 2.05) is 56.3 Å². The van der Waals surface area contributed by atoms with Crippen molar-refractivity contribution in [2.24, 2.45) is 0 Å². The number of nitrogen functional groups attached to an aromatic ring is 1. The molecule has 0 saturated carbocycles. The Morgan fingerprint density at radius 1 is 1.00 bits per heavy atom. The Balaban J connectivity index is 2.40. The van der Waals surface area contributed by atoms with Gasteiger partial charge in [0.15, 0.2) is 0 Å². The minimum absolute atomic E-state index is 0.612. The van der Waals surface area contributed by atoms with Crippen molar-refractivity contribution in [1.29, 1.82) is 0 Å². The first-order valence-electron chi connectivity index (χ1n) is 5.69. The number of nitrogens with two attached hydrogens (primary N) is 1. The fraction of sp³-hybridized carbons (Fsp3) is 0.200. The van der Waals surface area contributed by atoms with Gasteiger partial charge < -0.3 is 10.8 Å². The molecule has 0 radical (unpaired) electrons. The molecule has 17 heavy (non-hydrogen) atoms. The zero-order valence-electron chi connectivity index (χ0n) is 10.1. The maximum atomic E-state index is 10.3. The van der Waals surface area contributed by atoms with Crippen molar-refractivity contribution in [2.45, 2.75) is 20.0 Å². The summed E-state index contributed by atoms with van der Waals surface area (Å²) in [6.07, 6.45) is -0.612. The van der Waals surface area contributed by atoms with Gasteiger partial charge in [0.05, 0.1) is 0 Å². The summed E-state index contributed by atoms with van der Waals surface area (Å²) in [4.78, 5) is 0. The lowest BCUT2D eigenvalue weighted by Gasteiger charge is -2.15. The minimum Gasteiger partial charge on any atom is -0.399 e. The molecule has 0 aliphatic heterocycles.